The summed E-state index contributed by atoms with van der Waals surface area (Å²) in [6.07, 6.45) is 14.3. The van der Waals surface area contributed by atoms with Gasteiger partial charge >= 0.3 is 321 Å². The third-order valence-electron chi connectivity index (χ3n) is 13.9. The van der Waals surface area contributed by atoms with Crippen LogP contribution in [0.4, 0.5) is 0 Å². The van der Waals surface area contributed by atoms with Gasteiger partial charge in [-0.15, -0.1) is 0 Å². The molecule has 282 valence electrons. The number of hydrogen-bond acceptors (Lipinski definition) is 0. The standard InChI is InChI=1S/C21H25.C18H25.C11H14.2ClH.Zr/c1-20(2,3)16-7-9-18-14(12-16)11-15-13-17(21(4,5)6)8-10-19(15)18;1-12-3-13(2)17(4-12)11-18-8-14-5-15(9-18)7-16(6-14)10-18;1-9-5-7-10(8-6-9)11(2,3)4;;;/h7-10,12H,11H2,1-6H3;4,12,14-16H,5-11H2,1-2H3;1,5-8H,2-4H3;2*1H;/q;;;;;+2/p-2. The first-order valence-electron chi connectivity index (χ1n) is 20.4. The molecule has 0 aliphatic heterocycles. The molecule has 0 N–H and O–H groups in total. The van der Waals surface area contributed by atoms with Gasteiger partial charge in [-0.3, -0.25) is 0 Å². The summed E-state index contributed by atoms with van der Waals surface area (Å²) in [5.41, 5.74) is 16.5. The van der Waals surface area contributed by atoms with Gasteiger partial charge in [0.15, 0.2) is 0 Å². The molecule has 0 amide bonds. The smallest absolute Gasteiger partial charge is 1.00 e. The summed E-state index contributed by atoms with van der Waals surface area (Å²) >= 11 is -2.69. The molecule has 0 radical (unpaired) electrons. The Hall–Kier alpha value is -1.53. The van der Waals surface area contributed by atoms with Crippen LogP contribution in [0.5, 0.6) is 0 Å². The molecule has 6 aliphatic carbocycles. The Morgan fingerprint density at radius 2 is 1.25 bits per heavy atom. The fourth-order valence-electron chi connectivity index (χ4n) is 11.8. The summed E-state index contributed by atoms with van der Waals surface area (Å²) < 4.78 is 6.49. The second-order valence-corrected chi connectivity index (χ2v) is 26.4. The Bertz CT molecular complexity index is 1950. The molecule has 53 heavy (non-hydrogen) atoms. The molecular weight excluding hydrogens is 763 g/mol. The number of rotatable bonds is 5. The molecule has 9 rings (SSSR count). The molecule has 3 heteroatoms. The van der Waals surface area contributed by atoms with Gasteiger partial charge in [-0.2, -0.15) is 0 Å². The quantitative estimate of drug-likeness (QED) is 0.210. The molecule has 1 unspecified atom stereocenters. The fourth-order valence-corrected chi connectivity index (χ4v) is 20.5. The summed E-state index contributed by atoms with van der Waals surface area (Å²) in [6.45, 7) is 26.6. The summed E-state index contributed by atoms with van der Waals surface area (Å²) in [5, 5.41) is 0. The number of hydrogen-bond donors (Lipinski definition) is 0. The molecule has 0 heterocycles. The van der Waals surface area contributed by atoms with E-state index in [0.29, 0.717) is 11.3 Å². The molecule has 0 nitrogen and oxygen atoms in total. The molecule has 0 aromatic heterocycles. The van der Waals surface area contributed by atoms with Gasteiger partial charge in [0.2, 0.25) is 0 Å². The second-order valence-electron chi connectivity index (χ2n) is 21.1. The van der Waals surface area contributed by atoms with Gasteiger partial charge in [-0.05, 0) is 0 Å². The molecule has 3 aromatic carbocycles. The van der Waals surface area contributed by atoms with Crippen molar-refractivity contribution in [2.45, 2.75) is 144 Å². The van der Waals surface area contributed by atoms with Crippen molar-refractivity contribution in [2.24, 2.45) is 29.1 Å². The monoisotopic (exact) mass is 824 g/mol. The predicted octanol–water partition coefficient (Wildman–Crippen LogP) is 6.71. The van der Waals surface area contributed by atoms with Crippen molar-refractivity contribution in [2.75, 3.05) is 0 Å². The first-order valence-corrected chi connectivity index (χ1v) is 24.3. The molecule has 0 spiro atoms. The Labute approximate surface area is 343 Å². The first-order chi connectivity index (χ1) is 23.9. The van der Waals surface area contributed by atoms with Gasteiger partial charge in [-0.1, -0.05) is 0 Å². The average Bonchev–Trinajstić information content (AvgIpc) is 3.52. The van der Waals surface area contributed by atoms with E-state index < -0.39 is 21.3 Å². The van der Waals surface area contributed by atoms with E-state index in [-0.39, 0.29) is 41.1 Å². The summed E-state index contributed by atoms with van der Waals surface area (Å²) in [7, 11) is 0. The minimum Gasteiger partial charge on any atom is -1.00 e. The summed E-state index contributed by atoms with van der Waals surface area (Å²) in [5.74, 6) is 3.55. The van der Waals surface area contributed by atoms with E-state index in [1.807, 2.05) is 3.28 Å². The van der Waals surface area contributed by atoms with Crippen LogP contribution in [-0.4, -0.2) is 3.71 Å². The third kappa shape index (κ3) is 7.65. The first kappa shape index (κ1) is 41.1. The van der Waals surface area contributed by atoms with Crippen molar-refractivity contribution < 1.29 is 46.1 Å². The Kier molecular flexibility index (Phi) is 11.2. The van der Waals surface area contributed by atoms with Crippen LogP contribution in [0.1, 0.15) is 154 Å². The SMILES string of the molecule is CC1=[C](/[Zr+2](=[CH]/c2ccc(C(C)(C)C)cc2)[c]2c(C(C)(C)C)ccc3c2Cc2cc(C(C)(C)C)ccc2-3)C(C)C=C1CC12CC3CC(CC(C3)C1)C2.[Cl-].[Cl-]. The van der Waals surface area contributed by atoms with E-state index in [0.717, 1.165) is 24.2 Å². The van der Waals surface area contributed by atoms with Crippen molar-refractivity contribution in [3.63, 3.8) is 0 Å². The van der Waals surface area contributed by atoms with Crippen molar-refractivity contribution in [1.29, 1.82) is 0 Å². The van der Waals surface area contributed by atoms with Gasteiger partial charge in [-0.25, -0.2) is 0 Å². The van der Waals surface area contributed by atoms with E-state index in [2.05, 4.69) is 141 Å². The summed E-state index contributed by atoms with van der Waals surface area (Å²) in [6, 6.07) is 22.2. The minimum atomic E-state index is -2.69. The van der Waals surface area contributed by atoms with E-state index >= 15 is 0 Å². The van der Waals surface area contributed by atoms with Crippen LogP contribution in [0.15, 0.2) is 75.1 Å². The molecule has 3 aromatic rings. The van der Waals surface area contributed by atoms with Crippen LogP contribution in [0.3, 0.4) is 0 Å². The molecule has 6 aliphatic rings. The van der Waals surface area contributed by atoms with Crippen LogP contribution in [0.25, 0.3) is 11.1 Å². The van der Waals surface area contributed by atoms with Crippen LogP contribution in [0, 0.1) is 29.1 Å². The Balaban J connectivity index is 0.00000240. The molecule has 4 saturated carbocycles. The van der Waals surface area contributed by atoms with E-state index in [9.17, 15) is 0 Å². The van der Waals surface area contributed by atoms with Crippen molar-refractivity contribution >= 4 is 6.98 Å². The zero-order chi connectivity index (χ0) is 36.2. The van der Waals surface area contributed by atoms with Crippen molar-refractivity contribution in [3.05, 3.63) is 108 Å². The van der Waals surface area contributed by atoms with Gasteiger partial charge in [0.05, 0.1) is 0 Å². The van der Waals surface area contributed by atoms with Crippen LogP contribution < -0.4 is 28.1 Å². The Morgan fingerprint density at radius 1 is 0.698 bits per heavy atom. The number of allylic oxidation sites excluding steroid dienone is 4. The largest absolute Gasteiger partial charge is 1.00 e. The van der Waals surface area contributed by atoms with Crippen molar-refractivity contribution in [1.82, 2.24) is 0 Å². The van der Waals surface area contributed by atoms with Crippen LogP contribution in [-0.2, 0) is 43.9 Å². The molecule has 0 saturated heterocycles. The van der Waals surface area contributed by atoms with Gasteiger partial charge in [0.1, 0.15) is 0 Å². The van der Waals surface area contributed by atoms with Crippen molar-refractivity contribution in [3.8, 4) is 11.1 Å². The third-order valence-corrected chi connectivity index (χ3v) is 21.6. The van der Waals surface area contributed by atoms with E-state index in [1.165, 1.54) is 78.3 Å². The number of fused-ring (bicyclic) bond motifs is 3. The summed E-state index contributed by atoms with van der Waals surface area (Å²) in [4.78, 5) is 0. The minimum absolute atomic E-state index is 0. The predicted molar refractivity (Wildman–Crippen MR) is 217 cm³/mol. The average molecular weight is 827 g/mol. The molecule has 4 bridgehead atoms. The van der Waals surface area contributed by atoms with E-state index in [1.54, 1.807) is 25.5 Å². The molecular formula is C50H64Cl2Zr. The normalized spacial score (nSPS) is 25.9. The van der Waals surface area contributed by atoms with Gasteiger partial charge in [0.25, 0.3) is 0 Å². The molecule has 1 atom stereocenters. The maximum Gasteiger partial charge on any atom is -1.00 e. The van der Waals surface area contributed by atoms with Gasteiger partial charge < -0.3 is 24.8 Å². The zero-order valence-corrected chi connectivity index (χ0v) is 38.5. The van der Waals surface area contributed by atoms with Crippen LogP contribution in [0.2, 0.25) is 0 Å². The number of benzene rings is 3. The Morgan fingerprint density at radius 3 is 1.79 bits per heavy atom. The maximum atomic E-state index is 2.86. The molecule has 4 fully saturated rings. The second kappa shape index (κ2) is 14.4. The van der Waals surface area contributed by atoms with E-state index in [4.69, 9.17) is 0 Å². The van der Waals surface area contributed by atoms with Gasteiger partial charge in [0, 0.05) is 0 Å². The maximum absolute atomic E-state index is 2.86. The topological polar surface area (TPSA) is 0 Å². The zero-order valence-electron chi connectivity index (χ0n) is 34.6. The van der Waals surface area contributed by atoms with Crippen LogP contribution >= 0.6 is 0 Å². The number of halogens is 2. The fraction of sp³-hybridized carbons (Fsp3) is 0.540.